The van der Waals surface area contributed by atoms with E-state index in [2.05, 4.69) is 27.8 Å². The van der Waals surface area contributed by atoms with E-state index in [4.69, 9.17) is 10.5 Å². The number of nitrogens with zero attached hydrogens (tertiary/aromatic N) is 1. The standard InChI is InChI=1S/C13H19BrN2O/c1-9-3-2-4-12(5-9)17-13-10(7-15)6-11(14)8-16-13/h6,8-9,12H,2-5,7,15H2,1H3. The summed E-state index contributed by atoms with van der Waals surface area (Å²) >= 11 is 3.40. The lowest BCUT2D eigenvalue weighted by molar-refractivity contribution is 0.122. The third-order valence-corrected chi connectivity index (χ3v) is 3.71. The van der Waals surface area contributed by atoms with E-state index in [1.807, 2.05) is 6.07 Å². The predicted molar refractivity (Wildman–Crippen MR) is 71.9 cm³/mol. The summed E-state index contributed by atoms with van der Waals surface area (Å²) in [6.45, 7) is 2.75. The van der Waals surface area contributed by atoms with E-state index in [1.165, 1.54) is 12.8 Å². The summed E-state index contributed by atoms with van der Waals surface area (Å²) in [6.07, 6.45) is 6.89. The second-order valence-electron chi connectivity index (χ2n) is 4.83. The molecule has 1 fully saturated rings. The van der Waals surface area contributed by atoms with Crippen LogP contribution in [0.25, 0.3) is 0 Å². The van der Waals surface area contributed by atoms with Gasteiger partial charge in [0.05, 0.1) is 0 Å². The maximum Gasteiger partial charge on any atom is 0.218 e. The minimum absolute atomic E-state index is 0.303. The molecule has 1 saturated carbocycles. The SMILES string of the molecule is CC1CCCC(Oc2ncc(Br)cc2CN)C1. The van der Waals surface area contributed by atoms with Crippen LogP contribution in [0.1, 0.15) is 38.2 Å². The molecule has 1 aliphatic carbocycles. The number of ether oxygens (including phenoxy) is 1. The molecular formula is C13H19BrN2O. The molecule has 4 heteroatoms. The lowest BCUT2D eigenvalue weighted by atomic mass is 9.89. The topological polar surface area (TPSA) is 48.1 Å². The highest BCUT2D eigenvalue weighted by Crippen LogP contribution is 2.28. The van der Waals surface area contributed by atoms with Crippen LogP contribution in [0.4, 0.5) is 0 Å². The van der Waals surface area contributed by atoms with Crippen LogP contribution in [-0.4, -0.2) is 11.1 Å². The number of aromatic nitrogens is 1. The van der Waals surface area contributed by atoms with Gasteiger partial charge < -0.3 is 10.5 Å². The van der Waals surface area contributed by atoms with Gasteiger partial charge in [0.25, 0.3) is 0 Å². The fourth-order valence-corrected chi connectivity index (χ4v) is 2.74. The van der Waals surface area contributed by atoms with Crippen LogP contribution in [-0.2, 0) is 6.54 Å². The Morgan fingerprint density at radius 2 is 2.35 bits per heavy atom. The number of hydrogen-bond acceptors (Lipinski definition) is 3. The summed E-state index contributed by atoms with van der Waals surface area (Å²) in [7, 11) is 0. The molecule has 17 heavy (non-hydrogen) atoms. The van der Waals surface area contributed by atoms with E-state index < -0.39 is 0 Å². The second-order valence-corrected chi connectivity index (χ2v) is 5.75. The van der Waals surface area contributed by atoms with Crippen LogP contribution in [0.5, 0.6) is 5.88 Å². The molecule has 1 aromatic rings. The third-order valence-electron chi connectivity index (χ3n) is 3.28. The number of nitrogens with two attached hydrogens (primary N) is 1. The molecule has 2 unspecified atom stereocenters. The Morgan fingerprint density at radius 1 is 1.53 bits per heavy atom. The van der Waals surface area contributed by atoms with E-state index in [9.17, 15) is 0 Å². The summed E-state index contributed by atoms with van der Waals surface area (Å²) in [4.78, 5) is 4.32. The summed E-state index contributed by atoms with van der Waals surface area (Å²) in [5.41, 5.74) is 6.68. The van der Waals surface area contributed by atoms with Crippen molar-refractivity contribution in [3.05, 3.63) is 22.3 Å². The Bertz CT molecular complexity index is 384. The van der Waals surface area contributed by atoms with Crippen LogP contribution in [0, 0.1) is 5.92 Å². The predicted octanol–water partition coefficient (Wildman–Crippen LogP) is 3.26. The van der Waals surface area contributed by atoms with E-state index >= 15 is 0 Å². The lowest BCUT2D eigenvalue weighted by Gasteiger charge is -2.27. The first kappa shape index (κ1) is 12.8. The molecule has 2 rings (SSSR count). The van der Waals surface area contributed by atoms with Crippen molar-refractivity contribution in [1.29, 1.82) is 0 Å². The zero-order valence-corrected chi connectivity index (χ0v) is 11.7. The molecule has 0 aliphatic heterocycles. The van der Waals surface area contributed by atoms with E-state index in [0.717, 1.165) is 28.8 Å². The fourth-order valence-electron chi connectivity index (χ4n) is 2.36. The quantitative estimate of drug-likeness (QED) is 0.932. The molecule has 1 heterocycles. The van der Waals surface area contributed by atoms with Crippen LogP contribution in [0.3, 0.4) is 0 Å². The molecule has 2 N–H and O–H groups in total. The third kappa shape index (κ3) is 3.42. The lowest BCUT2D eigenvalue weighted by Crippen LogP contribution is -2.25. The normalized spacial score (nSPS) is 24.6. The van der Waals surface area contributed by atoms with E-state index in [1.54, 1.807) is 6.20 Å². The van der Waals surface area contributed by atoms with Crippen molar-refractivity contribution in [1.82, 2.24) is 4.98 Å². The number of hydrogen-bond donors (Lipinski definition) is 1. The molecule has 0 saturated heterocycles. The maximum absolute atomic E-state index is 5.99. The molecule has 1 aliphatic rings. The van der Waals surface area contributed by atoms with Crippen LogP contribution < -0.4 is 10.5 Å². The Balaban J connectivity index is 2.07. The Kier molecular flexibility index (Phi) is 4.40. The van der Waals surface area contributed by atoms with Gasteiger partial charge in [-0.25, -0.2) is 4.98 Å². The van der Waals surface area contributed by atoms with Crippen molar-refractivity contribution in [2.75, 3.05) is 0 Å². The van der Waals surface area contributed by atoms with Gasteiger partial charge in [0, 0.05) is 22.8 Å². The molecule has 0 spiro atoms. The average molecular weight is 299 g/mol. The Hall–Kier alpha value is -0.610. The van der Waals surface area contributed by atoms with Gasteiger partial charge in [-0.05, 0) is 47.2 Å². The minimum atomic E-state index is 0.303. The molecule has 0 radical (unpaired) electrons. The minimum Gasteiger partial charge on any atom is -0.474 e. The van der Waals surface area contributed by atoms with Crippen LogP contribution in [0.2, 0.25) is 0 Å². The van der Waals surface area contributed by atoms with Crippen LogP contribution >= 0.6 is 15.9 Å². The zero-order valence-electron chi connectivity index (χ0n) is 10.2. The van der Waals surface area contributed by atoms with Crippen molar-refractivity contribution in [3.63, 3.8) is 0 Å². The summed E-state index contributed by atoms with van der Waals surface area (Å²) in [5, 5.41) is 0. The van der Waals surface area contributed by atoms with Crippen molar-refractivity contribution in [2.24, 2.45) is 11.7 Å². The first-order valence-corrected chi connectivity index (χ1v) is 6.99. The van der Waals surface area contributed by atoms with Crippen molar-refractivity contribution in [2.45, 2.75) is 45.3 Å². The Labute approximate surface area is 111 Å². The highest BCUT2D eigenvalue weighted by molar-refractivity contribution is 9.10. The molecule has 94 valence electrons. The average Bonchev–Trinajstić information content (AvgIpc) is 2.31. The summed E-state index contributed by atoms with van der Waals surface area (Å²) < 4.78 is 6.94. The largest absolute Gasteiger partial charge is 0.474 e. The second kappa shape index (κ2) is 5.83. The molecule has 1 aromatic heterocycles. The monoisotopic (exact) mass is 298 g/mol. The van der Waals surface area contributed by atoms with Gasteiger partial charge >= 0.3 is 0 Å². The van der Waals surface area contributed by atoms with Crippen molar-refractivity contribution >= 4 is 15.9 Å². The molecule has 3 nitrogen and oxygen atoms in total. The molecule has 2 atom stereocenters. The summed E-state index contributed by atoms with van der Waals surface area (Å²) in [5.74, 6) is 1.46. The van der Waals surface area contributed by atoms with Gasteiger partial charge in [-0.15, -0.1) is 0 Å². The Morgan fingerprint density at radius 3 is 3.06 bits per heavy atom. The smallest absolute Gasteiger partial charge is 0.218 e. The van der Waals surface area contributed by atoms with Gasteiger partial charge in [0.15, 0.2) is 0 Å². The maximum atomic E-state index is 5.99. The van der Waals surface area contributed by atoms with Crippen molar-refractivity contribution < 1.29 is 4.74 Å². The molecular weight excluding hydrogens is 280 g/mol. The van der Waals surface area contributed by atoms with Crippen LogP contribution in [0.15, 0.2) is 16.7 Å². The molecule has 0 aromatic carbocycles. The van der Waals surface area contributed by atoms with Gasteiger partial charge in [-0.2, -0.15) is 0 Å². The zero-order chi connectivity index (χ0) is 12.3. The summed E-state index contributed by atoms with van der Waals surface area (Å²) in [6, 6.07) is 1.98. The van der Waals surface area contributed by atoms with Gasteiger partial charge in [0.1, 0.15) is 6.10 Å². The molecule has 0 amide bonds. The highest BCUT2D eigenvalue weighted by atomic mass is 79.9. The first-order valence-electron chi connectivity index (χ1n) is 6.20. The van der Waals surface area contributed by atoms with Gasteiger partial charge in [-0.3, -0.25) is 0 Å². The number of halogens is 1. The number of pyridine rings is 1. The fraction of sp³-hybridized carbons (Fsp3) is 0.615. The van der Waals surface area contributed by atoms with Gasteiger partial charge in [-0.1, -0.05) is 13.3 Å². The van der Waals surface area contributed by atoms with E-state index in [0.29, 0.717) is 18.5 Å². The number of rotatable bonds is 3. The van der Waals surface area contributed by atoms with Gasteiger partial charge in [0.2, 0.25) is 5.88 Å². The molecule has 0 bridgehead atoms. The van der Waals surface area contributed by atoms with E-state index in [-0.39, 0.29) is 0 Å². The highest BCUT2D eigenvalue weighted by Gasteiger charge is 2.21. The van der Waals surface area contributed by atoms with Crippen molar-refractivity contribution in [3.8, 4) is 5.88 Å². The first-order chi connectivity index (χ1) is 8.19.